The Balaban J connectivity index is 2.30. The number of aromatic nitrogens is 1. The Morgan fingerprint density at radius 2 is 2.20 bits per heavy atom. The van der Waals surface area contributed by atoms with Crippen molar-refractivity contribution in [2.45, 2.75) is 5.51 Å². The summed E-state index contributed by atoms with van der Waals surface area (Å²) in [6.07, 6.45) is 1.48. The molecule has 0 atom stereocenters. The Morgan fingerprint density at radius 1 is 1.47 bits per heavy atom. The molecule has 2 N–H and O–H groups in total. The van der Waals surface area contributed by atoms with Gasteiger partial charge in [-0.15, -0.1) is 0 Å². The van der Waals surface area contributed by atoms with Gasteiger partial charge in [0.1, 0.15) is 0 Å². The van der Waals surface area contributed by atoms with E-state index in [1.807, 2.05) is 0 Å². The standard InChI is InChI=1S/C8H9F3N2OS/c9-8(10,11)15-5-4-14-6-2-1-3-13-7(6)12/h1-3H,4-5H2,(H2,12,13). The van der Waals surface area contributed by atoms with Gasteiger partial charge in [-0.05, 0) is 23.9 Å². The maximum absolute atomic E-state index is 11.7. The highest BCUT2D eigenvalue weighted by atomic mass is 32.2. The van der Waals surface area contributed by atoms with Crippen molar-refractivity contribution in [2.75, 3.05) is 18.1 Å². The lowest BCUT2D eigenvalue weighted by Crippen LogP contribution is -2.08. The smallest absolute Gasteiger partial charge is 0.441 e. The van der Waals surface area contributed by atoms with Crippen molar-refractivity contribution in [2.24, 2.45) is 0 Å². The molecule has 1 aromatic rings. The molecule has 0 fully saturated rings. The van der Waals surface area contributed by atoms with Crippen molar-refractivity contribution in [3.05, 3.63) is 18.3 Å². The summed E-state index contributed by atoms with van der Waals surface area (Å²) in [6.45, 7) is -0.0555. The van der Waals surface area contributed by atoms with Crippen molar-refractivity contribution in [1.82, 2.24) is 4.98 Å². The third-order valence-corrected chi connectivity index (χ3v) is 2.10. The SMILES string of the molecule is Nc1ncccc1OCCSC(F)(F)F. The molecule has 15 heavy (non-hydrogen) atoms. The Kier molecular flexibility index (Phi) is 4.07. The van der Waals surface area contributed by atoms with Gasteiger partial charge in [0, 0.05) is 11.9 Å². The molecule has 0 aliphatic rings. The number of rotatable bonds is 4. The van der Waals surface area contributed by atoms with Gasteiger partial charge in [-0.1, -0.05) is 0 Å². The zero-order valence-electron chi connectivity index (χ0n) is 7.62. The molecule has 0 bridgehead atoms. The molecule has 1 heterocycles. The van der Waals surface area contributed by atoms with Crippen molar-refractivity contribution in [3.63, 3.8) is 0 Å². The first-order valence-electron chi connectivity index (χ1n) is 4.03. The second-order valence-corrected chi connectivity index (χ2v) is 3.69. The largest absolute Gasteiger partial charge is 0.489 e. The average molecular weight is 238 g/mol. The molecule has 0 spiro atoms. The van der Waals surface area contributed by atoms with Gasteiger partial charge in [-0.3, -0.25) is 0 Å². The normalized spacial score (nSPS) is 11.4. The van der Waals surface area contributed by atoms with Gasteiger partial charge in [0.2, 0.25) is 0 Å². The van der Waals surface area contributed by atoms with Crippen LogP contribution in [0.1, 0.15) is 0 Å². The van der Waals surface area contributed by atoms with E-state index in [4.69, 9.17) is 10.5 Å². The van der Waals surface area contributed by atoms with E-state index in [2.05, 4.69) is 4.98 Å². The first kappa shape index (κ1) is 12.0. The molecule has 0 saturated heterocycles. The molecular weight excluding hydrogens is 229 g/mol. The molecule has 0 saturated carbocycles. The van der Waals surface area contributed by atoms with E-state index >= 15 is 0 Å². The fourth-order valence-electron chi connectivity index (χ4n) is 0.834. The highest BCUT2D eigenvalue weighted by Crippen LogP contribution is 2.29. The summed E-state index contributed by atoms with van der Waals surface area (Å²) in [5.41, 5.74) is 1.21. The van der Waals surface area contributed by atoms with E-state index in [-0.39, 0.29) is 29.9 Å². The molecule has 7 heteroatoms. The molecule has 0 aliphatic carbocycles. The van der Waals surface area contributed by atoms with Crippen LogP contribution < -0.4 is 10.5 Å². The summed E-state index contributed by atoms with van der Waals surface area (Å²) >= 11 is -0.128. The fourth-order valence-corrected chi connectivity index (χ4v) is 1.23. The van der Waals surface area contributed by atoms with Crippen LogP contribution in [0, 0.1) is 0 Å². The van der Waals surface area contributed by atoms with Crippen molar-refractivity contribution in [1.29, 1.82) is 0 Å². The van der Waals surface area contributed by atoms with Crippen LogP contribution in [0.3, 0.4) is 0 Å². The first-order chi connectivity index (χ1) is 6.99. The van der Waals surface area contributed by atoms with Gasteiger partial charge in [-0.2, -0.15) is 13.2 Å². The monoisotopic (exact) mass is 238 g/mol. The number of anilines is 1. The summed E-state index contributed by atoms with van der Waals surface area (Å²) in [6, 6.07) is 3.16. The predicted octanol–water partition coefficient (Wildman–Crippen LogP) is 2.30. The van der Waals surface area contributed by atoms with Crippen LogP contribution in [0.25, 0.3) is 0 Å². The molecule has 0 radical (unpaired) electrons. The Hall–Kier alpha value is -1.11. The molecular formula is C8H9F3N2OS. The van der Waals surface area contributed by atoms with Gasteiger partial charge in [0.25, 0.3) is 0 Å². The molecule has 0 aliphatic heterocycles. The number of ether oxygens (including phenoxy) is 1. The van der Waals surface area contributed by atoms with Crippen LogP contribution in [-0.4, -0.2) is 22.9 Å². The molecule has 1 aromatic heterocycles. The molecule has 1 rings (SSSR count). The second-order valence-electron chi connectivity index (χ2n) is 2.53. The first-order valence-corrected chi connectivity index (χ1v) is 5.01. The maximum atomic E-state index is 11.7. The molecule has 3 nitrogen and oxygen atoms in total. The quantitative estimate of drug-likeness (QED) is 0.817. The number of nitrogens with two attached hydrogens (primary N) is 1. The second kappa shape index (κ2) is 5.11. The molecule has 0 unspecified atom stereocenters. The summed E-state index contributed by atoms with van der Waals surface area (Å²) in [5.74, 6) is 0.312. The number of pyridine rings is 1. The Morgan fingerprint density at radius 3 is 2.80 bits per heavy atom. The Labute approximate surface area is 88.8 Å². The van der Waals surface area contributed by atoms with Crippen LogP contribution in [0.4, 0.5) is 19.0 Å². The van der Waals surface area contributed by atoms with Gasteiger partial charge in [-0.25, -0.2) is 4.98 Å². The summed E-state index contributed by atoms with van der Waals surface area (Å²) in [5, 5.41) is 0. The number of nitrogens with zero attached hydrogens (tertiary/aromatic N) is 1. The van der Waals surface area contributed by atoms with Crippen LogP contribution >= 0.6 is 11.8 Å². The number of halogens is 3. The average Bonchev–Trinajstić information content (AvgIpc) is 2.13. The van der Waals surface area contributed by atoms with E-state index in [1.165, 1.54) is 6.20 Å². The molecule has 84 valence electrons. The van der Waals surface area contributed by atoms with Gasteiger partial charge < -0.3 is 10.5 Å². The van der Waals surface area contributed by atoms with Crippen LogP contribution in [-0.2, 0) is 0 Å². The number of nitrogen functional groups attached to an aromatic ring is 1. The zero-order chi connectivity index (χ0) is 11.3. The maximum Gasteiger partial charge on any atom is 0.441 e. The summed E-state index contributed by atoms with van der Waals surface area (Å²) < 4.78 is 40.2. The van der Waals surface area contributed by atoms with Crippen LogP contribution in [0.15, 0.2) is 18.3 Å². The molecule has 0 amide bonds. The van der Waals surface area contributed by atoms with Gasteiger partial charge >= 0.3 is 5.51 Å². The van der Waals surface area contributed by atoms with Gasteiger partial charge in [0.15, 0.2) is 11.6 Å². The molecule has 0 aromatic carbocycles. The minimum atomic E-state index is -4.22. The van der Waals surface area contributed by atoms with E-state index in [1.54, 1.807) is 12.1 Å². The predicted molar refractivity (Wildman–Crippen MR) is 52.7 cm³/mol. The van der Waals surface area contributed by atoms with Crippen LogP contribution in [0.5, 0.6) is 5.75 Å². The number of alkyl halides is 3. The summed E-state index contributed by atoms with van der Waals surface area (Å²) in [7, 11) is 0. The van der Waals surface area contributed by atoms with Crippen LogP contribution in [0.2, 0.25) is 0 Å². The third kappa shape index (κ3) is 4.78. The lowest BCUT2D eigenvalue weighted by Gasteiger charge is -2.08. The van der Waals surface area contributed by atoms with Crippen molar-refractivity contribution in [3.8, 4) is 5.75 Å². The van der Waals surface area contributed by atoms with E-state index < -0.39 is 5.51 Å². The van der Waals surface area contributed by atoms with Crippen molar-refractivity contribution < 1.29 is 17.9 Å². The lowest BCUT2D eigenvalue weighted by molar-refractivity contribution is -0.0329. The van der Waals surface area contributed by atoms with E-state index in [0.717, 1.165) is 0 Å². The number of thioether (sulfide) groups is 1. The van der Waals surface area contributed by atoms with E-state index in [0.29, 0.717) is 5.75 Å². The highest BCUT2D eigenvalue weighted by molar-refractivity contribution is 8.00. The third-order valence-electron chi connectivity index (χ3n) is 1.41. The minimum Gasteiger partial charge on any atom is -0.489 e. The lowest BCUT2D eigenvalue weighted by atomic mass is 10.4. The zero-order valence-corrected chi connectivity index (χ0v) is 8.44. The fraction of sp³-hybridized carbons (Fsp3) is 0.375. The topological polar surface area (TPSA) is 48.1 Å². The number of hydrogen-bond acceptors (Lipinski definition) is 4. The van der Waals surface area contributed by atoms with Crippen molar-refractivity contribution >= 4 is 17.6 Å². The number of hydrogen-bond donors (Lipinski definition) is 1. The Bertz CT molecular complexity index is 319. The summed E-state index contributed by atoms with van der Waals surface area (Å²) in [4.78, 5) is 3.73. The van der Waals surface area contributed by atoms with E-state index in [9.17, 15) is 13.2 Å². The minimum absolute atomic E-state index is 0.0555. The van der Waals surface area contributed by atoms with Gasteiger partial charge in [0.05, 0.1) is 6.61 Å². The highest BCUT2D eigenvalue weighted by Gasteiger charge is 2.27.